The standard InChI is InChI=1S/C12H20N2S/c1-9(2)11(7-13)14-5-3-12-10(8-14)4-6-15-12/h4,6,9,11H,3,5,7-8,13H2,1-2H3. The Morgan fingerprint density at radius 1 is 1.53 bits per heavy atom. The van der Waals surface area contributed by atoms with Gasteiger partial charge in [0.05, 0.1) is 0 Å². The first-order valence-electron chi connectivity index (χ1n) is 5.71. The Bertz CT molecular complexity index is 319. The molecule has 2 heterocycles. The average Bonchev–Trinajstić information content (AvgIpc) is 2.65. The van der Waals surface area contributed by atoms with Crippen molar-refractivity contribution < 1.29 is 0 Å². The normalized spacial score (nSPS) is 19.2. The monoisotopic (exact) mass is 224 g/mol. The molecule has 84 valence electrons. The highest BCUT2D eigenvalue weighted by Gasteiger charge is 2.24. The van der Waals surface area contributed by atoms with E-state index < -0.39 is 0 Å². The molecule has 1 aliphatic heterocycles. The molecule has 1 unspecified atom stereocenters. The van der Waals surface area contributed by atoms with E-state index >= 15 is 0 Å². The van der Waals surface area contributed by atoms with Crippen LogP contribution in [0.15, 0.2) is 11.4 Å². The summed E-state index contributed by atoms with van der Waals surface area (Å²) in [5, 5.41) is 2.21. The first-order chi connectivity index (χ1) is 7.22. The molecule has 0 amide bonds. The lowest BCUT2D eigenvalue weighted by Gasteiger charge is -2.36. The van der Waals surface area contributed by atoms with E-state index in [1.54, 1.807) is 4.88 Å². The fourth-order valence-electron chi connectivity index (χ4n) is 2.40. The molecule has 2 nitrogen and oxygen atoms in total. The molecule has 0 saturated carbocycles. The van der Waals surface area contributed by atoms with E-state index in [4.69, 9.17) is 5.73 Å². The Morgan fingerprint density at radius 3 is 3.00 bits per heavy atom. The molecule has 0 aromatic carbocycles. The van der Waals surface area contributed by atoms with Crippen LogP contribution in [0.3, 0.4) is 0 Å². The van der Waals surface area contributed by atoms with E-state index in [-0.39, 0.29) is 0 Å². The van der Waals surface area contributed by atoms with Gasteiger partial charge in [0.15, 0.2) is 0 Å². The maximum Gasteiger partial charge on any atom is 0.0248 e. The molecule has 15 heavy (non-hydrogen) atoms. The lowest BCUT2D eigenvalue weighted by molar-refractivity contribution is 0.145. The van der Waals surface area contributed by atoms with E-state index in [1.165, 1.54) is 18.5 Å². The smallest absolute Gasteiger partial charge is 0.0248 e. The van der Waals surface area contributed by atoms with Crippen molar-refractivity contribution in [1.29, 1.82) is 0 Å². The molecule has 0 saturated heterocycles. The summed E-state index contributed by atoms with van der Waals surface area (Å²) in [6.07, 6.45) is 1.20. The van der Waals surface area contributed by atoms with Crippen LogP contribution in [-0.4, -0.2) is 24.0 Å². The summed E-state index contributed by atoms with van der Waals surface area (Å²) in [6.45, 7) is 7.57. The second-order valence-corrected chi connectivity index (χ2v) is 5.64. The highest BCUT2D eigenvalue weighted by molar-refractivity contribution is 7.10. The largest absolute Gasteiger partial charge is 0.329 e. The Balaban J connectivity index is 2.08. The number of nitrogens with zero attached hydrogens (tertiary/aromatic N) is 1. The maximum absolute atomic E-state index is 5.86. The molecule has 1 aromatic heterocycles. The van der Waals surface area contributed by atoms with Crippen molar-refractivity contribution in [2.24, 2.45) is 11.7 Å². The van der Waals surface area contributed by atoms with Crippen LogP contribution in [0, 0.1) is 5.92 Å². The molecule has 0 aliphatic carbocycles. The van der Waals surface area contributed by atoms with Gasteiger partial charge >= 0.3 is 0 Å². The van der Waals surface area contributed by atoms with E-state index in [9.17, 15) is 0 Å². The van der Waals surface area contributed by atoms with E-state index in [0.29, 0.717) is 12.0 Å². The zero-order chi connectivity index (χ0) is 10.8. The van der Waals surface area contributed by atoms with Crippen molar-refractivity contribution in [1.82, 2.24) is 4.90 Å². The van der Waals surface area contributed by atoms with Crippen LogP contribution in [0.4, 0.5) is 0 Å². The molecule has 0 bridgehead atoms. The number of fused-ring (bicyclic) bond motifs is 1. The fraction of sp³-hybridized carbons (Fsp3) is 0.667. The lowest BCUT2D eigenvalue weighted by Crippen LogP contribution is -2.46. The summed E-state index contributed by atoms with van der Waals surface area (Å²) in [5.41, 5.74) is 7.38. The zero-order valence-corrected chi connectivity index (χ0v) is 10.4. The molecule has 0 spiro atoms. The lowest BCUT2D eigenvalue weighted by atomic mass is 9.99. The molecule has 2 N–H and O–H groups in total. The minimum atomic E-state index is 0.540. The van der Waals surface area contributed by atoms with Gasteiger partial charge in [-0.15, -0.1) is 11.3 Å². The van der Waals surface area contributed by atoms with Crippen LogP contribution in [0.1, 0.15) is 24.3 Å². The number of hydrogen-bond donors (Lipinski definition) is 1. The average molecular weight is 224 g/mol. The molecule has 2 rings (SSSR count). The fourth-order valence-corrected chi connectivity index (χ4v) is 3.29. The summed E-state index contributed by atoms with van der Waals surface area (Å²) in [6, 6.07) is 2.80. The topological polar surface area (TPSA) is 29.3 Å². The minimum absolute atomic E-state index is 0.540. The zero-order valence-electron chi connectivity index (χ0n) is 9.57. The quantitative estimate of drug-likeness (QED) is 0.852. The van der Waals surface area contributed by atoms with Crippen LogP contribution < -0.4 is 5.73 Å². The Labute approximate surface area is 96.1 Å². The third kappa shape index (κ3) is 2.25. The molecule has 0 radical (unpaired) electrons. The third-order valence-corrected chi connectivity index (χ3v) is 4.34. The number of hydrogen-bond acceptors (Lipinski definition) is 3. The molecule has 3 heteroatoms. The molecular formula is C12H20N2S. The Hall–Kier alpha value is -0.380. The van der Waals surface area contributed by atoms with Gasteiger partial charge in [0.2, 0.25) is 0 Å². The van der Waals surface area contributed by atoms with Crippen LogP contribution in [0.2, 0.25) is 0 Å². The van der Waals surface area contributed by atoms with Gasteiger partial charge in [0, 0.05) is 30.6 Å². The van der Waals surface area contributed by atoms with Gasteiger partial charge in [-0.3, -0.25) is 4.90 Å². The summed E-state index contributed by atoms with van der Waals surface area (Å²) in [7, 11) is 0. The van der Waals surface area contributed by atoms with Crippen molar-refractivity contribution in [2.75, 3.05) is 13.1 Å². The molecule has 1 aliphatic rings. The molecule has 1 atom stereocenters. The third-order valence-electron chi connectivity index (χ3n) is 3.32. The summed E-state index contributed by atoms with van der Waals surface area (Å²) >= 11 is 1.90. The van der Waals surface area contributed by atoms with Gasteiger partial charge in [-0.2, -0.15) is 0 Å². The minimum Gasteiger partial charge on any atom is -0.329 e. The Kier molecular flexibility index (Phi) is 3.44. The van der Waals surface area contributed by atoms with Gasteiger partial charge in [-0.25, -0.2) is 0 Å². The maximum atomic E-state index is 5.86. The summed E-state index contributed by atoms with van der Waals surface area (Å²) in [5.74, 6) is 0.648. The number of nitrogens with two attached hydrogens (primary N) is 1. The van der Waals surface area contributed by atoms with Crippen molar-refractivity contribution in [3.63, 3.8) is 0 Å². The highest BCUT2D eigenvalue weighted by Crippen LogP contribution is 2.26. The van der Waals surface area contributed by atoms with E-state index in [2.05, 4.69) is 30.2 Å². The molecular weight excluding hydrogens is 204 g/mol. The van der Waals surface area contributed by atoms with Crippen molar-refractivity contribution in [3.05, 3.63) is 21.9 Å². The van der Waals surface area contributed by atoms with E-state index in [1.807, 2.05) is 11.3 Å². The van der Waals surface area contributed by atoms with Crippen LogP contribution in [-0.2, 0) is 13.0 Å². The molecule has 1 aromatic rings. The van der Waals surface area contributed by atoms with Gasteiger partial charge in [-0.05, 0) is 29.3 Å². The highest BCUT2D eigenvalue weighted by atomic mass is 32.1. The second kappa shape index (κ2) is 4.64. The van der Waals surface area contributed by atoms with Gasteiger partial charge < -0.3 is 5.73 Å². The first-order valence-corrected chi connectivity index (χ1v) is 6.59. The van der Waals surface area contributed by atoms with Crippen LogP contribution in [0.5, 0.6) is 0 Å². The predicted octanol–water partition coefficient (Wildman–Crippen LogP) is 2.09. The van der Waals surface area contributed by atoms with Crippen LogP contribution >= 0.6 is 11.3 Å². The van der Waals surface area contributed by atoms with E-state index in [0.717, 1.165) is 13.1 Å². The van der Waals surface area contributed by atoms with Gasteiger partial charge in [0.1, 0.15) is 0 Å². The van der Waals surface area contributed by atoms with Crippen molar-refractivity contribution in [2.45, 2.75) is 32.9 Å². The SMILES string of the molecule is CC(C)C(CN)N1CCc2sccc2C1. The second-order valence-electron chi connectivity index (χ2n) is 4.64. The number of rotatable bonds is 3. The van der Waals surface area contributed by atoms with Gasteiger partial charge in [-0.1, -0.05) is 13.8 Å². The van der Waals surface area contributed by atoms with Crippen molar-refractivity contribution in [3.8, 4) is 0 Å². The van der Waals surface area contributed by atoms with Crippen LogP contribution in [0.25, 0.3) is 0 Å². The first kappa shape index (κ1) is 11.1. The summed E-state index contributed by atoms with van der Waals surface area (Å²) < 4.78 is 0. The Morgan fingerprint density at radius 2 is 2.33 bits per heavy atom. The molecule has 0 fully saturated rings. The number of thiophene rings is 1. The van der Waals surface area contributed by atoms with Crippen molar-refractivity contribution >= 4 is 11.3 Å². The summed E-state index contributed by atoms with van der Waals surface area (Å²) in [4.78, 5) is 4.12. The van der Waals surface area contributed by atoms with Gasteiger partial charge in [0.25, 0.3) is 0 Å². The predicted molar refractivity (Wildman–Crippen MR) is 66.1 cm³/mol.